The third-order valence-corrected chi connectivity index (χ3v) is 4.49. The Hall–Kier alpha value is -3.26. The molecule has 2 aromatic carbocycles. The van der Waals surface area contributed by atoms with Gasteiger partial charge in [0.2, 0.25) is 0 Å². The molecular weight excluding hydrogens is 316 g/mol. The summed E-state index contributed by atoms with van der Waals surface area (Å²) in [5.74, 6) is 0. The number of nitrogens with zero attached hydrogens (tertiary/aromatic N) is 2. The molecule has 0 unspecified atom stereocenters. The standard InChI is InChI=1S/C24H20N2/c1-17-5-3-7-19(13-17)21-9-11-25-23(15-21)24-16-22(10-12-26-24)20-8-4-6-18(2)14-20/h3-16H,1-2H3. The van der Waals surface area contributed by atoms with Crippen LogP contribution < -0.4 is 0 Å². The number of hydrogen-bond donors (Lipinski definition) is 0. The fourth-order valence-electron chi connectivity index (χ4n) is 3.15. The van der Waals surface area contributed by atoms with Gasteiger partial charge in [-0.1, -0.05) is 59.7 Å². The molecule has 0 aliphatic heterocycles. The minimum atomic E-state index is 0.888. The first kappa shape index (κ1) is 16.2. The molecule has 0 atom stereocenters. The van der Waals surface area contributed by atoms with Gasteiger partial charge in [0.1, 0.15) is 0 Å². The molecule has 0 aliphatic rings. The van der Waals surface area contributed by atoms with Crippen LogP contribution in [0.25, 0.3) is 33.6 Å². The Labute approximate surface area is 154 Å². The van der Waals surface area contributed by atoms with Crippen LogP contribution >= 0.6 is 0 Å². The minimum Gasteiger partial charge on any atom is -0.255 e. The zero-order chi connectivity index (χ0) is 17.9. The lowest BCUT2D eigenvalue weighted by Gasteiger charge is -2.08. The van der Waals surface area contributed by atoms with Gasteiger partial charge in [0.25, 0.3) is 0 Å². The third-order valence-electron chi connectivity index (χ3n) is 4.49. The van der Waals surface area contributed by atoms with Gasteiger partial charge in [-0.05, 0) is 60.4 Å². The second kappa shape index (κ2) is 6.93. The van der Waals surface area contributed by atoms with Gasteiger partial charge in [-0.15, -0.1) is 0 Å². The third kappa shape index (κ3) is 3.40. The van der Waals surface area contributed by atoms with E-state index < -0.39 is 0 Å². The highest BCUT2D eigenvalue weighted by Gasteiger charge is 2.07. The molecule has 0 N–H and O–H groups in total. The molecule has 2 nitrogen and oxygen atoms in total. The van der Waals surface area contributed by atoms with Gasteiger partial charge < -0.3 is 0 Å². The summed E-state index contributed by atoms with van der Waals surface area (Å²) in [6.07, 6.45) is 3.71. The molecule has 0 radical (unpaired) electrons. The van der Waals surface area contributed by atoms with E-state index in [2.05, 4.69) is 84.5 Å². The summed E-state index contributed by atoms with van der Waals surface area (Å²) in [4.78, 5) is 9.09. The highest BCUT2D eigenvalue weighted by atomic mass is 14.8. The number of benzene rings is 2. The Bertz CT molecular complexity index is 980. The van der Waals surface area contributed by atoms with Crippen molar-refractivity contribution in [2.75, 3.05) is 0 Å². The van der Waals surface area contributed by atoms with Crippen molar-refractivity contribution in [1.82, 2.24) is 9.97 Å². The molecule has 126 valence electrons. The van der Waals surface area contributed by atoms with Crippen molar-refractivity contribution in [1.29, 1.82) is 0 Å². The lowest BCUT2D eigenvalue weighted by atomic mass is 10.0. The second-order valence-corrected chi connectivity index (χ2v) is 6.60. The van der Waals surface area contributed by atoms with Crippen molar-refractivity contribution in [3.8, 4) is 33.6 Å². The van der Waals surface area contributed by atoms with Crippen LogP contribution in [0.15, 0.2) is 85.2 Å². The van der Waals surface area contributed by atoms with Gasteiger partial charge in [0, 0.05) is 12.4 Å². The quantitative estimate of drug-likeness (QED) is 0.452. The van der Waals surface area contributed by atoms with E-state index in [0.29, 0.717) is 0 Å². The molecule has 2 heterocycles. The van der Waals surface area contributed by atoms with Crippen molar-refractivity contribution in [2.45, 2.75) is 13.8 Å². The van der Waals surface area contributed by atoms with E-state index >= 15 is 0 Å². The Morgan fingerprint density at radius 1 is 0.500 bits per heavy atom. The van der Waals surface area contributed by atoms with E-state index in [1.165, 1.54) is 22.3 Å². The largest absolute Gasteiger partial charge is 0.255 e. The molecule has 0 aliphatic carbocycles. The summed E-state index contributed by atoms with van der Waals surface area (Å²) in [7, 11) is 0. The van der Waals surface area contributed by atoms with Crippen LogP contribution in [0.4, 0.5) is 0 Å². The van der Waals surface area contributed by atoms with E-state index in [9.17, 15) is 0 Å². The molecular formula is C24H20N2. The Morgan fingerprint density at radius 3 is 1.35 bits per heavy atom. The molecule has 2 aromatic heterocycles. The smallest absolute Gasteiger partial charge is 0.0892 e. The lowest BCUT2D eigenvalue weighted by Crippen LogP contribution is -1.90. The van der Waals surface area contributed by atoms with Crippen LogP contribution in [-0.4, -0.2) is 9.97 Å². The van der Waals surface area contributed by atoms with Gasteiger partial charge >= 0.3 is 0 Å². The van der Waals surface area contributed by atoms with Gasteiger partial charge in [0.05, 0.1) is 11.4 Å². The molecule has 0 saturated heterocycles. The summed E-state index contributed by atoms with van der Waals surface area (Å²) in [5, 5.41) is 0. The molecule has 0 fully saturated rings. The monoisotopic (exact) mass is 336 g/mol. The van der Waals surface area contributed by atoms with Crippen LogP contribution in [0.1, 0.15) is 11.1 Å². The summed E-state index contributed by atoms with van der Waals surface area (Å²) in [6, 6.07) is 25.3. The Kier molecular flexibility index (Phi) is 4.32. The minimum absolute atomic E-state index is 0.888. The van der Waals surface area contributed by atoms with Crippen LogP contribution in [0.2, 0.25) is 0 Å². The summed E-state index contributed by atoms with van der Waals surface area (Å²) >= 11 is 0. The van der Waals surface area contributed by atoms with Gasteiger partial charge in [-0.2, -0.15) is 0 Å². The average Bonchev–Trinajstić information content (AvgIpc) is 2.68. The number of pyridine rings is 2. The van der Waals surface area contributed by atoms with Crippen LogP contribution in [0, 0.1) is 13.8 Å². The number of aromatic nitrogens is 2. The van der Waals surface area contributed by atoms with Gasteiger partial charge in [-0.25, -0.2) is 0 Å². The molecule has 26 heavy (non-hydrogen) atoms. The molecule has 0 saturated carbocycles. The summed E-state index contributed by atoms with van der Waals surface area (Å²) in [5.41, 5.74) is 8.98. The van der Waals surface area contributed by atoms with E-state index in [1.54, 1.807) is 0 Å². The Morgan fingerprint density at radius 2 is 0.923 bits per heavy atom. The maximum Gasteiger partial charge on any atom is 0.0892 e. The van der Waals surface area contributed by atoms with Gasteiger partial charge in [-0.3, -0.25) is 9.97 Å². The molecule has 0 bridgehead atoms. The average molecular weight is 336 g/mol. The highest BCUT2D eigenvalue weighted by molar-refractivity contribution is 5.73. The van der Waals surface area contributed by atoms with Crippen LogP contribution in [0.5, 0.6) is 0 Å². The zero-order valence-electron chi connectivity index (χ0n) is 15.0. The molecule has 4 rings (SSSR count). The maximum absolute atomic E-state index is 4.55. The predicted molar refractivity (Wildman–Crippen MR) is 108 cm³/mol. The predicted octanol–water partition coefficient (Wildman–Crippen LogP) is 6.09. The normalized spacial score (nSPS) is 10.7. The van der Waals surface area contributed by atoms with Crippen molar-refractivity contribution >= 4 is 0 Å². The van der Waals surface area contributed by atoms with E-state index in [0.717, 1.165) is 22.5 Å². The van der Waals surface area contributed by atoms with Crippen LogP contribution in [-0.2, 0) is 0 Å². The SMILES string of the molecule is Cc1cccc(-c2ccnc(-c3cc(-c4cccc(C)c4)ccn3)c2)c1. The first-order valence-corrected chi connectivity index (χ1v) is 8.76. The lowest BCUT2D eigenvalue weighted by molar-refractivity contribution is 1.25. The maximum atomic E-state index is 4.55. The highest BCUT2D eigenvalue weighted by Crippen LogP contribution is 2.27. The van der Waals surface area contributed by atoms with Crippen molar-refractivity contribution in [3.05, 3.63) is 96.3 Å². The molecule has 4 aromatic rings. The molecule has 2 heteroatoms. The first-order valence-electron chi connectivity index (χ1n) is 8.76. The first-order chi connectivity index (χ1) is 12.7. The fourth-order valence-corrected chi connectivity index (χ4v) is 3.15. The topological polar surface area (TPSA) is 25.8 Å². The summed E-state index contributed by atoms with van der Waals surface area (Å²) < 4.78 is 0. The number of rotatable bonds is 3. The zero-order valence-corrected chi connectivity index (χ0v) is 15.0. The number of hydrogen-bond acceptors (Lipinski definition) is 2. The summed E-state index contributed by atoms with van der Waals surface area (Å²) in [6.45, 7) is 4.22. The van der Waals surface area contributed by atoms with Crippen molar-refractivity contribution in [3.63, 3.8) is 0 Å². The van der Waals surface area contributed by atoms with Crippen molar-refractivity contribution in [2.24, 2.45) is 0 Å². The van der Waals surface area contributed by atoms with Crippen molar-refractivity contribution < 1.29 is 0 Å². The van der Waals surface area contributed by atoms with Crippen LogP contribution in [0.3, 0.4) is 0 Å². The molecule has 0 amide bonds. The number of aryl methyl sites for hydroxylation is 2. The second-order valence-electron chi connectivity index (χ2n) is 6.60. The van der Waals surface area contributed by atoms with Gasteiger partial charge in [0.15, 0.2) is 0 Å². The fraction of sp³-hybridized carbons (Fsp3) is 0.0833. The van der Waals surface area contributed by atoms with E-state index in [-0.39, 0.29) is 0 Å². The Balaban J connectivity index is 1.75. The van der Waals surface area contributed by atoms with E-state index in [4.69, 9.17) is 0 Å². The molecule has 0 spiro atoms. The van der Waals surface area contributed by atoms with E-state index in [1.807, 2.05) is 24.5 Å².